The van der Waals surface area contributed by atoms with Crippen LogP contribution in [0.3, 0.4) is 0 Å². The molecule has 0 spiro atoms. The van der Waals surface area contributed by atoms with E-state index in [9.17, 15) is 9.59 Å². The lowest BCUT2D eigenvalue weighted by atomic mass is 10.1. The van der Waals surface area contributed by atoms with Crippen LogP contribution in [0.15, 0.2) is 34.7 Å². The van der Waals surface area contributed by atoms with E-state index in [1.807, 2.05) is 30.3 Å². The fraction of sp³-hybridized carbons (Fsp3) is 0.333. The quantitative estimate of drug-likeness (QED) is 0.639. The van der Waals surface area contributed by atoms with Gasteiger partial charge in [0.25, 0.3) is 0 Å². The molecule has 1 heterocycles. The first-order valence-corrected chi connectivity index (χ1v) is 8.90. The Labute approximate surface area is 142 Å². The first-order valence-electron chi connectivity index (χ1n) is 7.20. The van der Waals surface area contributed by atoms with E-state index in [4.69, 9.17) is 5.73 Å². The van der Waals surface area contributed by atoms with Crippen LogP contribution in [0.5, 0.6) is 0 Å². The van der Waals surface area contributed by atoms with Crippen molar-refractivity contribution in [2.24, 2.45) is 5.73 Å². The Morgan fingerprint density at radius 3 is 2.57 bits per heavy atom. The van der Waals surface area contributed by atoms with Gasteiger partial charge in [-0.25, -0.2) is 0 Å². The molecular formula is C15H16N4O2S2. The number of primary amides is 1. The van der Waals surface area contributed by atoms with Crippen molar-refractivity contribution in [3.05, 3.63) is 35.9 Å². The van der Waals surface area contributed by atoms with E-state index in [-0.39, 0.29) is 11.9 Å². The Morgan fingerprint density at radius 2 is 2.00 bits per heavy atom. The number of anilines is 1. The Morgan fingerprint density at radius 1 is 1.30 bits per heavy atom. The van der Waals surface area contributed by atoms with E-state index in [0.29, 0.717) is 9.47 Å². The Balaban J connectivity index is 1.79. The number of carbonyl (C=O) groups is 2. The Kier molecular flexibility index (Phi) is 4.63. The van der Waals surface area contributed by atoms with Crippen LogP contribution in [0.4, 0.5) is 5.13 Å². The van der Waals surface area contributed by atoms with E-state index in [1.165, 1.54) is 30.0 Å². The lowest BCUT2D eigenvalue weighted by Gasteiger charge is -2.15. The van der Waals surface area contributed by atoms with Crippen LogP contribution in [-0.2, 0) is 9.59 Å². The Hall–Kier alpha value is -1.93. The zero-order valence-electron chi connectivity index (χ0n) is 12.5. The molecule has 8 heteroatoms. The SMILES string of the molecule is CC(=O)N(c1nnc(SC(C(N)=O)c2ccccc2)s1)C1CC1. The lowest BCUT2D eigenvalue weighted by molar-refractivity contribution is -0.118. The smallest absolute Gasteiger partial charge is 0.235 e. The van der Waals surface area contributed by atoms with Crippen molar-refractivity contribution in [2.45, 2.75) is 35.4 Å². The molecule has 3 rings (SSSR count). The average molecular weight is 348 g/mol. The molecule has 0 aliphatic heterocycles. The zero-order valence-corrected chi connectivity index (χ0v) is 14.1. The number of rotatable bonds is 6. The highest BCUT2D eigenvalue weighted by atomic mass is 32.2. The molecule has 1 aliphatic rings. The molecule has 1 fully saturated rings. The summed E-state index contributed by atoms with van der Waals surface area (Å²) in [6.45, 7) is 1.53. The van der Waals surface area contributed by atoms with Crippen molar-refractivity contribution in [1.82, 2.24) is 10.2 Å². The van der Waals surface area contributed by atoms with Gasteiger partial charge in [0.05, 0.1) is 0 Å². The molecule has 2 amide bonds. The molecule has 1 atom stereocenters. The standard InChI is InChI=1S/C15H16N4O2S2/c1-9(20)19(11-7-8-11)14-17-18-15(23-14)22-12(13(16)21)10-5-3-2-4-6-10/h2-6,11-12H,7-8H2,1H3,(H2,16,21). The highest BCUT2D eigenvalue weighted by molar-refractivity contribution is 8.01. The molecule has 1 unspecified atom stereocenters. The monoisotopic (exact) mass is 348 g/mol. The zero-order chi connectivity index (χ0) is 16.4. The third-order valence-electron chi connectivity index (χ3n) is 3.43. The van der Waals surface area contributed by atoms with Crippen molar-refractivity contribution in [3.63, 3.8) is 0 Å². The summed E-state index contributed by atoms with van der Waals surface area (Å²) >= 11 is 2.58. The topological polar surface area (TPSA) is 89.2 Å². The van der Waals surface area contributed by atoms with Gasteiger partial charge < -0.3 is 5.73 Å². The second kappa shape index (κ2) is 6.67. The van der Waals surface area contributed by atoms with E-state index >= 15 is 0 Å². The summed E-state index contributed by atoms with van der Waals surface area (Å²) in [5, 5.41) is 8.27. The largest absolute Gasteiger partial charge is 0.368 e. The molecular weight excluding hydrogens is 332 g/mol. The maximum absolute atomic E-state index is 11.8. The third kappa shape index (κ3) is 3.70. The number of nitrogens with two attached hydrogens (primary N) is 1. The van der Waals surface area contributed by atoms with Crippen molar-refractivity contribution in [1.29, 1.82) is 0 Å². The number of carbonyl (C=O) groups excluding carboxylic acids is 2. The number of hydrogen-bond donors (Lipinski definition) is 1. The minimum atomic E-state index is -0.524. The van der Waals surface area contributed by atoms with Crippen LogP contribution >= 0.6 is 23.1 Å². The number of amides is 2. The molecule has 2 aromatic rings. The molecule has 1 aromatic heterocycles. The van der Waals surface area contributed by atoms with E-state index in [0.717, 1.165) is 18.4 Å². The number of hydrogen-bond acceptors (Lipinski definition) is 6. The molecule has 23 heavy (non-hydrogen) atoms. The van der Waals surface area contributed by atoms with Gasteiger partial charge in [-0.05, 0) is 18.4 Å². The molecule has 6 nitrogen and oxygen atoms in total. The number of aromatic nitrogens is 2. The second-order valence-corrected chi connectivity index (χ2v) is 7.59. The van der Waals surface area contributed by atoms with Crippen molar-refractivity contribution in [3.8, 4) is 0 Å². The Bertz CT molecular complexity index is 715. The van der Waals surface area contributed by atoms with Gasteiger partial charge in [0, 0.05) is 13.0 Å². The first kappa shape index (κ1) is 15.9. The predicted molar refractivity (Wildman–Crippen MR) is 90.3 cm³/mol. The molecule has 0 bridgehead atoms. The minimum absolute atomic E-state index is 0.0327. The van der Waals surface area contributed by atoms with Crippen molar-refractivity contribution < 1.29 is 9.59 Å². The van der Waals surface area contributed by atoms with Gasteiger partial charge in [-0.2, -0.15) is 0 Å². The highest BCUT2D eigenvalue weighted by Gasteiger charge is 2.34. The summed E-state index contributed by atoms with van der Waals surface area (Å²) in [6, 6.07) is 9.56. The summed E-state index contributed by atoms with van der Waals surface area (Å²) in [7, 11) is 0. The summed E-state index contributed by atoms with van der Waals surface area (Å²) in [4.78, 5) is 25.2. The summed E-state index contributed by atoms with van der Waals surface area (Å²) in [5.74, 6) is -0.460. The normalized spacial score (nSPS) is 15.2. The molecule has 1 aliphatic carbocycles. The van der Waals surface area contributed by atoms with Crippen molar-refractivity contribution >= 4 is 40.0 Å². The van der Waals surface area contributed by atoms with Gasteiger partial charge >= 0.3 is 0 Å². The average Bonchev–Trinajstić information content (AvgIpc) is 3.24. The fourth-order valence-corrected chi connectivity index (χ4v) is 4.35. The predicted octanol–water partition coefficient (Wildman–Crippen LogP) is 2.37. The maximum atomic E-state index is 11.8. The summed E-state index contributed by atoms with van der Waals surface area (Å²) < 4.78 is 0.625. The van der Waals surface area contributed by atoms with Gasteiger partial charge in [-0.15, -0.1) is 10.2 Å². The molecule has 0 radical (unpaired) electrons. The lowest BCUT2D eigenvalue weighted by Crippen LogP contribution is -2.30. The van der Waals surface area contributed by atoms with Gasteiger partial charge in [-0.1, -0.05) is 53.4 Å². The van der Waals surface area contributed by atoms with Gasteiger partial charge in [0.15, 0.2) is 4.34 Å². The van der Waals surface area contributed by atoms with Crippen LogP contribution < -0.4 is 10.6 Å². The molecule has 120 valence electrons. The summed E-state index contributed by atoms with van der Waals surface area (Å²) in [5.41, 5.74) is 6.35. The highest BCUT2D eigenvalue weighted by Crippen LogP contribution is 2.40. The molecule has 2 N–H and O–H groups in total. The first-order chi connectivity index (χ1) is 11.1. The minimum Gasteiger partial charge on any atom is -0.368 e. The van der Waals surface area contributed by atoms with Gasteiger partial charge in [0.2, 0.25) is 16.9 Å². The third-order valence-corrected chi connectivity index (χ3v) is 5.71. The van der Waals surface area contributed by atoms with Crippen molar-refractivity contribution in [2.75, 3.05) is 4.90 Å². The maximum Gasteiger partial charge on any atom is 0.235 e. The number of nitrogens with zero attached hydrogens (tertiary/aromatic N) is 3. The van der Waals surface area contributed by atoms with Crippen LogP contribution in [0.25, 0.3) is 0 Å². The van der Waals surface area contributed by atoms with Crippen LogP contribution in [-0.4, -0.2) is 28.1 Å². The molecule has 0 saturated heterocycles. The number of benzene rings is 1. The van der Waals surface area contributed by atoms with E-state index in [1.54, 1.807) is 4.90 Å². The summed E-state index contributed by atoms with van der Waals surface area (Å²) in [6.07, 6.45) is 1.99. The van der Waals surface area contributed by atoms with Crippen LogP contribution in [0.1, 0.15) is 30.6 Å². The van der Waals surface area contributed by atoms with E-state index in [2.05, 4.69) is 10.2 Å². The molecule has 1 saturated carbocycles. The van der Waals surface area contributed by atoms with E-state index < -0.39 is 11.2 Å². The van der Waals surface area contributed by atoms with Gasteiger partial charge in [-0.3, -0.25) is 14.5 Å². The number of thioether (sulfide) groups is 1. The van der Waals surface area contributed by atoms with Crippen LogP contribution in [0, 0.1) is 0 Å². The van der Waals surface area contributed by atoms with Crippen LogP contribution in [0.2, 0.25) is 0 Å². The second-order valence-electron chi connectivity index (χ2n) is 5.28. The van der Waals surface area contributed by atoms with Gasteiger partial charge in [0.1, 0.15) is 5.25 Å². The fourth-order valence-electron chi connectivity index (χ4n) is 2.25. The molecule has 1 aromatic carbocycles.